The van der Waals surface area contributed by atoms with Gasteiger partial charge in [-0.05, 0) is 26.8 Å². The van der Waals surface area contributed by atoms with Crippen molar-refractivity contribution >= 4 is 11.6 Å². The first-order chi connectivity index (χ1) is 4.61. The van der Waals surface area contributed by atoms with Gasteiger partial charge in [-0.1, -0.05) is 0 Å². The lowest BCUT2D eigenvalue weighted by Gasteiger charge is -1.96. The van der Waals surface area contributed by atoms with Gasteiger partial charge < -0.3 is 4.42 Å². The number of alkyl halides is 1. The van der Waals surface area contributed by atoms with E-state index in [1.165, 1.54) is 0 Å². The van der Waals surface area contributed by atoms with Crippen molar-refractivity contribution in [3.8, 4) is 0 Å². The average molecular weight is 159 g/mol. The third-order valence-corrected chi connectivity index (χ3v) is 1.74. The van der Waals surface area contributed by atoms with Gasteiger partial charge in [0.05, 0.1) is 5.38 Å². The molecule has 1 atom stereocenters. The molecule has 1 aromatic rings. The molecule has 56 valence electrons. The highest BCUT2D eigenvalue weighted by molar-refractivity contribution is 6.20. The first kappa shape index (κ1) is 7.67. The fourth-order valence-corrected chi connectivity index (χ4v) is 1.26. The predicted octanol–water partition coefficient (Wildman–Crippen LogP) is 3.20. The Morgan fingerprint density at radius 2 is 2.10 bits per heavy atom. The van der Waals surface area contributed by atoms with E-state index in [2.05, 4.69) is 0 Å². The van der Waals surface area contributed by atoms with Gasteiger partial charge in [-0.2, -0.15) is 0 Å². The fraction of sp³-hybridized carbons (Fsp3) is 0.500. The molecule has 0 aliphatic rings. The Labute approximate surface area is 66.0 Å². The van der Waals surface area contributed by atoms with E-state index in [0.717, 1.165) is 17.1 Å². The molecule has 0 amide bonds. The van der Waals surface area contributed by atoms with Gasteiger partial charge in [-0.15, -0.1) is 11.6 Å². The Hall–Kier alpha value is -0.430. The quantitative estimate of drug-likeness (QED) is 0.572. The van der Waals surface area contributed by atoms with Crippen molar-refractivity contribution in [3.63, 3.8) is 0 Å². The Morgan fingerprint density at radius 1 is 1.50 bits per heavy atom. The first-order valence-corrected chi connectivity index (χ1v) is 3.76. The lowest BCUT2D eigenvalue weighted by Crippen LogP contribution is -1.81. The molecule has 0 bridgehead atoms. The SMILES string of the molecule is Cc1cc(C(C)Cl)c(C)o1. The maximum atomic E-state index is 5.86. The molecule has 1 heterocycles. The molecule has 0 aliphatic heterocycles. The van der Waals surface area contributed by atoms with E-state index in [-0.39, 0.29) is 5.38 Å². The summed E-state index contributed by atoms with van der Waals surface area (Å²) in [5, 5.41) is 0.0532. The van der Waals surface area contributed by atoms with Gasteiger partial charge in [0.2, 0.25) is 0 Å². The monoisotopic (exact) mass is 158 g/mol. The predicted molar refractivity (Wildman–Crippen MR) is 42.5 cm³/mol. The van der Waals surface area contributed by atoms with Crippen molar-refractivity contribution in [1.82, 2.24) is 0 Å². The van der Waals surface area contributed by atoms with Crippen LogP contribution in [0.4, 0.5) is 0 Å². The molecule has 1 aromatic heterocycles. The molecule has 0 spiro atoms. The van der Waals surface area contributed by atoms with Gasteiger partial charge in [-0.25, -0.2) is 0 Å². The van der Waals surface area contributed by atoms with Crippen LogP contribution >= 0.6 is 11.6 Å². The molecule has 1 rings (SSSR count). The van der Waals surface area contributed by atoms with Crippen molar-refractivity contribution in [1.29, 1.82) is 0 Å². The van der Waals surface area contributed by atoms with E-state index in [1.54, 1.807) is 0 Å². The third kappa shape index (κ3) is 1.35. The summed E-state index contributed by atoms with van der Waals surface area (Å²) < 4.78 is 5.29. The molecule has 10 heavy (non-hydrogen) atoms. The largest absolute Gasteiger partial charge is 0.466 e. The number of rotatable bonds is 1. The molecule has 0 radical (unpaired) electrons. The lowest BCUT2D eigenvalue weighted by molar-refractivity contribution is 0.501. The highest BCUT2D eigenvalue weighted by atomic mass is 35.5. The lowest BCUT2D eigenvalue weighted by atomic mass is 10.2. The molecular weight excluding hydrogens is 148 g/mol. The van der Waals surface area contributed by atoms with E-state index in [9.17, 15) is 0 Å². The molecule has 1 nitrogen and oxygen atoms in total. The topological polar surface area (TPSA) is 13.1 Å². The zero-order valence-corrected chi connectivity index (χ0v) is 7.20. The smallest absolute Gasteiger partial charge is 0.105 e. The van der Waals surface area contributed by atoms with E-state index < -0.39 is 0 Å². The molecule has 0 N–H and O–H groups in total. The zero-order valence-electron chi connectivity index (χ0n) is 6.44. The Balaban J connectivity index is 3.03. The number of hydrogen-bond donors (Lipinski definition) is 0. The molecule has 1 unspecified atom stereocenters. The second-order valence-corrected chi connectivity index (χ2v) is 3.14. The second-order valence-electron chi connectivity index (χ2n) is 2.48. The average Bonchev–Trinajstić information content (AvgIpc) is 2.10. The summed E-state index contributed by atoms with van der Waals surface area (Å²) >= 11 is 5.86. The van der Waals surface area contributed by atoms with E-state index >= 15 is 0 Å². The summed E-state index contributed by atoms with van der Waals surface area (Å²) in [6.45, 7) is 5.80. The minimum atomic E-state index is 0.0532. The molecule has 0 saturated carbocycles. The highest BCUT2D eigenvalue weighted by Gasteiger charge is 2.08. The van der Waals surface area contributed by atoms with E-state index in [0.29, 0.717) is 0 Å². The molecular formula is C8H11ClO. The van der Waals surface area contributed by atoms with Crippen molar-refractivity contribution in [2.75, 3.05) is 0 Å². The van der Waals surface area contributed by atoms with Gasteiger partial charge in [0.25, 0.3) is 0 Å². The second kappa shape index (κ2) is 2.67. The third-order valence-electron chi connectivity index (χ3n) is 1.51. The number of furan rings is 1. The molecule has 0 aromatic carbocycles. The minimum absolute atomic E-state index is 0.0532. The van der Waals surface area contributed by atoms with Crippen LogP contribution in [0.3, 0.4) is 0 Å². The van der Waals surface area contributed by atoms with Crippen LogP contribution < -0.4 is 0 Å². The van der Waals surface area contributed by atoms with Crippen molar-refractivity contribution in [2.24, 2.45) is 0 Å². The molecule has 0 aliphatic carbocycles. The van der Waals surface area contributed by atoms with E-state index in [1.807, 2.05) is 26.8 Å². The summed E-state index contributed by atoms with van der Waals surface area (Å²) in [6.07, 6.45) is 0. The summed E-state index contributed by atoms with van der Waals surface area (Å²) in [4.78, 5) is 0. The van der Waals surface area contributed by atoms with Gasteiger partial charge in [0.15, 0.2) is 0 Å². The van der Waals surface area contributed by atoms with Crippen LogP contribution in [0, 0.1) is 13.8 Å². The summed E-state index contributed by atoms with van der Waals surface area (Å²) in [5.41, 5.74) is 1.10. The fourth-order valence-electron chi connectivity index (χ4n) is 1.05. The Morgan fingerprint density at radius 3 is 2.30 bits per heavy atom. The maximum absolute atomic E-state index is 5.86. The molecule has 0 saturated heterocycles. The van der Waals surface area contributed by atoms with Crippen LogP contribution in [-0.4, -0.2) is 0 Å². The zero-order chi connectivity index (χ0) is 7.72. The summed E-state index contributed by atoms with van der Waals surface area (Å²) in [5.74, 6) is 1.86. The molecule has 2 heteroatoms. The standard InChI is InChI=1S/C8H11ClO/c1-5-4-8(6(2)9)7(3)10-5/h4,6H,1-3H3. The van der Waals surface area contributed by atoms with Crippen LogP contribution in [0.1, 0.15) is 29.4 Å². The molecule has 0 fully saturated rings. The highest BCUT2D eigenvalue weighted by Crippen LogP contribution is 2.25. The van der Waals surface area contributed by atoms with Crippen molar-refractivity contribution in [2.45, 2.75) is 26.1 Å². The van der Waals surface area contributed by atoms with Gasteiger partial charge in [0.1, 0.15) is 11.5 Å². The normalized spacial score (nSPS) is 13.6. The Bertz CT molecular complexity index is 225. The van der Waals surface area contributed by atoms with Crippen molar-refractivity contribution in [3.05, 3.63) is 23.2 Å². The summed E-state index contributed by atoms with van der Waals surface area (Å²) in [6, 6.07) is 1.98. The van der Waals surface area contributed by atoms with Crippen molar-refractivity contribution < 1.29 is 4.42 Å². The van der Waals surface area contributed by atoms with E-state index in [4.69, 9.17) is 16.0 Å². The van der Waals surface area contributed by atoms with Crippen LogP contribution in [-0.2, 0) is 0 Å². The van der Waals surface area contributed by atoms with Crippen LogP contribution in [0.2, 0.25) is 0 Å². The number of halogens is 1. The maximum Gasteiger partial charge on any atom is 0.105 e. The minimum Gasteiger partial charge on any atom is -0.466 e. The van der Waals surface area contributed by atoms with Gasteiger partial charge in [0, 0.05) is 5.56 Å². The number of hydrogen-bond acceptors (Lipinski definition) is 1. The summed E-state index contributed by atoms with van der Waals surface area (Å²) in [7, 11) is 0. The van der Waals surface area contributed by atoms with Crippen LogP contribution in [0.15, 0.2) is 10.5 Å². The van der Waals surface area contributed by atoms with Crippen LogP contribution in [0.5, 0.6) is 0 Å². The first-order valence-electron chi connectivity index (χ1n) is 3.32. The van der Waals surface area contributed by atoms with Gasteiger partial charge >= 0.3 is 0 Å². The van der Waals surface area contributed by atoms with Gasteiger partial charge in [-0.3, -0.25) is 0 Å². The Kier molecular flexibility index (Phi) is 2.05. The van der Waals surface area contributed by atoms with Crippen LogP contribution in [0.25, 0.3) is 0 Å². The number of aryl methyl sites for hydroxylation is 2.